The molecule has 0 atom stereocenters. The summed E-state index contributed by atoms with van der Waals surface area (Å²) in [7, 11) is 0. The van der Waals surface area contributed by atoms with Crippen LogP contribution < -0.4 is 5.32 Å². The van der Waals surface area contributed by atoms with Crippen molar-refractivity contribution in [2.24, 2.45) is 0 Å². The Bertz CT molecular complexity index is 513. The lowest BCUT2D eigenvalue weighted by Crippen LogP contribution is -2.37. The van der Waals surface area contributed by atoms with Crippen LogP contribution in [-0.4, -0.2) is 46.0 Å². The number of carboxylic acids is 1. The molecule has 8 heteroatoms. The molecule has 0 bridgehead atoms. The second kappa shape index (κ2) is 5.79. The van der Waals surface area contributed by atoms with Gasteiger partial charge in [-0.15, -0.1) is 11.8 Å². The van der Waals surface area contributed by atoms with E-state index < -0.39 is 5.97 Å². The van der Waals surface area contributed by atoms with Gasteiger partial charge in [-0.25, -0.2) is 4.79 Å². The smallest absolute Gasteiger partial charge is 0.371 e. The average Bonchev–Trinajstić information content (AvgIpc) is 2.97. The van der Waals surface area contributed by atoms with Crippen molar-refractivity contribution in [2.75, 3.05) is 18.2 Å². The van der Waals surface area contributed by atoms with Gasteiger partial charge in [0.2, 0.25) is 17.6 Å². The normalized spacial score (nSPS) is 14.7. The standard InChI is InChI=1S/C11H12N2O5S/c14-9(4-13-6-19-5-10(13)15)12-3-7-1-2-8(18-7)11(16)17/h1-2H,3-6H2,(H,12,14)(H,16,17). The molecule has 102 valence electrons. The minimum atomic E-state index is -1.16. The van der Waals surface area contributed by atoms with E-state index in [4.69, 9.17) is 9.52 Å². The van der Waals surface area contributed by atoms with Crippen LogP contribution in [0.15, 0.2) is 16.5 Å². The Kier molecular flexibility index (Phi) is 4.10. The zero-order valence-corrected chi connectivity index (χ0v) is 10.7. The van der Waals surface area contributed by atoms with E-state index in [-0.39, 0.29) is 30.7 Å². The van der Waals surface area contributed by atoms with Gasteiger partial charge < -0.3 is 19.7 Å². The molecule has 2 amide bonds. The number of hydrogen-bond acceptors (Lipinski definition) is 5. The largest absolute Gasteiger partial charge is 0.475 e. The third-order valence-electron chi connectivity index (χ3n) is 2.49. The summed E-state index contributed by atoms with van der Waals surface area (Å²) >= 11 is 1.47. The summed E-state index contributed by atoms with van der Waals surface area (Å²) in [5.74, 6) is -0.389. The summed E-state index contributed by atoms with van der Waals surface area (Å²) < 4.78 is 4.99. The van der Waals surface area contributed by atoms with Crippen LogP contribution in [-0.2, 0) is 16.1 Å². The van der Waals surface area contributed by atoms with Crippen LogP contribution in [0.25, 0.3) is 0 Å². The predicted molar refractivity (Wildman–Crippen MR) is 66.6 cm³/mol. The molecule has 0 unspecified atom stereocenters. The van der Waals surface area contributed by atoms with Crippen LogP contribution >= 0.6 is 11.8 Å². The van der Waals surface area contributed by atoms with Gasteiger partial charge in [-0.05, 0) is 12.1 Å². The predicted octanol–water partition coefficient (Wildman–Crippen LogP) is 0.127. The lowest BCUT2D eigenvalue weighted by molar-refractivity contribution is -0.132. The van der Waals surface area contributed by atoms with Crippen molar-refractivity contribution in [3.8, 4) is 0 Å². The molecule has 0 saturated carbocycles. The first-order valence-corrected chi connectivity index (χ1v) is 6.66. The van der Waals surface area contributed by atoms with Crippen LogP contribution in [0.4, 0.5) is 0 Å². The lowest BCUT2D eigenvalue weighted by Gasteiger charge is -2.13. The van der Waals surface area contributed by atoms with Gasteiger partial charge in [0.15, 0.2) is 0 Å². The van der Waals surface area contributed by atoms with Crippen molar-refractivity contribution in [3.05, 3.63) is 23.7 Å². The molecule has 0 radical (unpaired) electrons. The maximum atomic E-state index is 11.6. The van der Waals surface area contributed by atoms with Gasteiger partial charge in [-0.1, -0.05) is 0 Å². The van der Waals surface area contributed by atoms with Crippen molar-refractivity contribution in [1.82, 2.24) is 10.2 Å². The minimum absolute atomic E-state index is 0.0122. The summed E-state index contributed by atoms with van der Waals surface area (Å²) in [4.78, 5) is 34.9. The van der Waals surface area contributed by atoms with Gasteiger partial charge in [-0.2, -0.15) is 0 Å². The Morgan fingerprint density at radius 2 is 2.26 bits per heavy atom. The molecule has 19 heavy (non-hydrogen) atoms. The van der Waals surface area contributed by atoms with Gasteiger partial charge >= 0.3 is 5.97 Å². The minimum Gasteiger partial charge on any atom is -0.475 e. The topological polar surface area (TPSA) is 99.9 Å². The third kappa shape index (κ3) is 3.50. The monoisotopic (exact) mass is 284 g/mol. The molecule has 1 aromatic heterocycles. The molecule has 1 aliphatic rings. The fourth-order valence-electron chi connectivity index (χ4n) is 1.54. The summed E-state index contributed by atoms with van der Waals surface area (Å²) in [6.45, 7) is 0.111. The van der Waals surface area contributed by atoms with E-state index in [2.05, 4.69) is 5.32 Å². The van der Waals surface area contributed by atoms with E-state index >= 15 is 0 Å². The molecule has 0 aromatic carbocycles. The van der Waals surface area contributed by atoms with Crippen molar-refractivity contribution in [1.29, 1.82) is 0 Å². The first-order valence-electron chi connectivity index (χ1n) is 5.50. The number of hydrogen-bond donors (Lipinski definition) is 2. The molecule has 1 fully saturated rings. The third-order valence-corrected chi connectivity index (χ3v) is 3.44. The van der Waals surface area contributed by atoms with Gasteiger partial charge in [0.05, 0.1) is 18.2 Å². The second-order valence-corrected chi connectivity index (χ2v) is 4.87. The SMILES string of the molecule is O=C(CN1CSCC1=O)NCc1ccc(C(=O)O)o1. The highest BCUT2D eigenvalue weighted by atomic mass is 32.2. The summed E-state index contributed by atoms with van der Waals surface area (Å²) in [6.07, 6.45) is 0. The molecule has 1 saturated heterocycles. The second-order valence-electron chi connectivity index (χ2n) is 3.92. The number of carboxylic acid groups (broad SMARTS) is 1. The van der Waals surface area contributed by atoms with E-state index in [1.54, 1.807) is 0 Å². The van der Waals surface area contributed by atoms with Gasteiger partial charge in [-0.3, -0.25) is 9.59 Å². The first kappa shape index (κ1) is 13.5. The quantitative estimate of drug-likeness (QED) is 0.797. The molecule has 1 aromatic rings. The molecule has 0 aliphatic carbocycles. The fourth-order valence-corrected chi connectivity index (χ4v) is 2.45. The number of aromatic carboxylic acids is 1. The van der Waals surface area contributed by atoms with Crippen LogP contribution in [0.5, 0.6) is 0 Å². The fraction of sp³-hybridized carbons (Fsp3) is 0.364. The van der Waals surface area contributed by atoms with Crippen molar-refractivity contribution < 1.29 is 23.9 Å². The Labute approximate surface area is 112 Å². The summed E-state index contributed by atoms with van der Waals surface area (Å²) in [5.41, 5.74) is 0. The number of thioether (sulfide) groups is 1. The zero-order valence-electron chi connectivity index (χ0n) is 9.92. The van der Waals surface area contributed by atoms with E-state index in [0.29, 0.717) is 17.4 Å². The highest BCUT2D eigenvalue weighted by Crippen LogP contribution is 2.14. The molecule has 1 aliphatic heterocycles. The Balaban J connectivity index is 1.79. The average molecular weight is 284 g/mol. The van der Waals surface area contributed by atoms with Crippen LogP contribution in [0.3, 0.4) is 0 Å². The summed E-state index contributed by atoms with van der Waals surface area (Å²) in [5, 5.41) is 11.2. The van der Waals surface area contributed by atoms with E-state index in [1.165, 1.54) is 28.8 Å². The maximum absolute atomic E-state index is 11.6. The number of furan rings is 1. The van der Waals surface area contributed by atoms with Crippen molar-refractivity contribution >= 4 is 29.5 Å². The van der Waals surface area contributed by atoms with Crippen molar-refractivity contribution in [2.45, 2.75) is 6.54 Å². The Morgan fingerprint density at radius 3 is 2.84 bits per heavy atom. The van der Waals surface area contributed by atoms with E-state index in [9.17, 15) is 14.4 Å². The van der Waals surface area contributed by atoms with Crippen LogP contribution in [0.1, 0.15) is 16.3 Å². The van der Waals surface area contributed by atoms with Crippen LogP contribution in [0.2, 0.25) is 0 Å². The Hall–Kier alpha value is -1.96. The molecular weight excluding hydrogens is 272 g/mol. The number of carbonyl (C=O) groups is 3. The maximum Gasteiger partial charge on any atom is 0.371 e. The van der Waals surface area contributed by atoms with Crippen LogP contribution in [0, 0.1) is 0 Å². The Morgan fingerprint density at radius 1 is 1.47 bits per heavy atom. The van der Waals surface area contributed by atoms with Gasteiger partial charge in [0.1, 0.15) is 12.3 Å². The molecule has 2 heterocycles. The molecule has 0 spiro atoms. The molecular formula is C11H12N2O5S. The summed E-state index contributed by atoms with van der Waals surface area (Å²) in [6, 6.07) is 2.81. The van der Waals surface area contributed by atoms with Gasteiger partial charge in [0, 0.05) is 0 Å². The number of amides is 2. The lowest BCUT2D eigenvalue weighted by atomic mass is 10.4. The van der Waals surface area contributed by atoms with Gasteiger partial charge in [0.25, 0.3) is 0 Å². The molecule has 7 nitrogen and oxygen atoms in total. The van der Waals surface area contributed by atoms with Crippen molar-refractivity contribution in [3.63, 3.8) is 0 Å². The molecule has 2 N–H and O–H groups in total. The number of nitrogens with one attached hydrogen (secondary N) is 1. The highest BCUT2D eigenvalue weighted by molar-refractivity contribution is 8.00. The molecule has 2 rings (SSSR count). The number of nitrogens with zero attached hydrogens (tertiary/aromatic N) is 1. The number of carbonyl (C=O) groups excluding carboxylic acids is 2. The first-order chi connectivity index (χ1) is 9.06. The van der Waals surface area contributed by atoms with E-state index in [0.717, 1.165) is 0 Å². The number of rotatable bonds is 5. The highest BCUT2D eigenvalue weighted by Gasteiger charge is 2.22. The van der Waals surface area contributed by atoms with E-state index in [1.807, 2.05) is 0 Å². The zero-order chi connectivity index (χ0) is 13.8.